The monoisotopic (exact) mass is 317 g/mol. The number of carbonyl (C=O) groups is 1. The van der Waals surface area contributed by atoms with Crippen LogP contribution < -0.4 is 10.1 Å². The van der Waals surface area contributed by atoms with Gasteiger partial charge in [-0.2, -0.15) is 0 Å². The highest BCUT2D eigenvalue weighted by atomic mass is 16.5. The summed E-state index contributed by atoms with van der Waals surface area (Å²) in [6, 6.07) is 20.3. The Balaban J connectivity index is 1.43. The van der Waals surface area contributed by atoms with Crippen molar-refractivity contribution in [1.29, 1.82) is 0 Å². The molecule has 0 aliphatic carbocycles. The van der Waals surface area contributed by atoms with Crippen LogP contribution in [0.2, 0.25) is 0 Å². The van der Waals surface area contributed by atoms with E-state index in [0.29, 0.717) is 6.42 Å². The molecule has 120 valence electrons. The minimum atomic E-state index is 0.0445. The lowest BCUT2D eigenvalue weighted by atomic mass is 10.0. The van der Waals surface area contributed by atoms with Gasteiger partial charge in [0.2, 0.25) is 5.91 Å². The van der Waals surface area contributed by atoms with E-state index in [0.717, 1.165) is 41.7 Å². The van der Waals surface area contributed by atoms with Crippen molar-refractivity contribution in [3.05, 3.63) is 71.8 Å². The molecular formula is C21H19NO2. The van der Waals surface area contributed by atoms with E-state index >= 15 is 0 Å². The predicted molar refractivity (Wildman–Crippen MR) is 96.5 cm³/mol. The van der Waals surface area contributed by atoms with Gasteiger partial charge in [-0.05, 0) is 35.1 Å². The molecule has 0 atom stereocenters. The van der Waals surface area contributed by atoms with Crippen molar-refractivity contribution >= 4 is 22.4 Å². The molecule has 0 aromatic heterocycles. The molecule has 3 aromatic rings. The van der Waals surface area contributed by atoms with E-state index < -0.39 is 0 Å². The average molecular weight is 317 g/mol. The van der Waals surface area contributed by atoms with Crippen LogP contribution in [0.25, 0.3) is 10.8 Å². The van der Waals surface area contributed by atoms with Gasteiger partial charge in [0, 0.05) is 23.9 Å². The van der Waals surface area contributed by atoms with E-state index in [4.69, 9.17) is 4.74 Å². The van der Waals surface area contributed by atoms with Crippen LogP contribution in [-0.4, -0.2) is 12.5 Å². The highest BCUT2D eigenvalue weighted by Crippen LogP contribution is 2.26. The van der Waals surface area contributed by atoms with Gasteiger partial charge < -0.3 is 10.1 Å². The number of carbonyl (C=O) groups excluding carboxylic acids is 1. The van der Waals surface area contributed by atoms with Crippen LogP contribution in [-0.2, 0) is 17.6 Å². The maximum absolute atomic E-state index is 12.3. The van der Waals surface area contributed by atoms with E-state index in [-0.39, 0.29) is 5.91 Å². The van der Waals surface area contributed by atoms with E-state index in [1.807, 2.05) is 36.4 Å². The number of amides is 1. The number of benzene rings is 3. The Labute approximate surface area is 141 Å². The largest absolute Gasteiger partial charge is 0.493 e. The molecule has 1 aliphatic heterocycles. The number of fused-ring (bicyclic) bond motifs is 2. The number of ether oxygens (including phenoxy) is 1. The number of hydrogen-bond acceptors (Lipinski definition) is 2. The summed E-state index contributed by atoms with van der Waals surface area (Å²) in [4.78, 5) is 12.3. The van der Waals surface area contributed by atoms with Crippen LogP contribution in [0.5, 0.6) is 5.75 Å². The number of hydrogen-bond donors (Lipinski definition) is 1. The zero-order valence-electron chi connectivity index (χ0n) is 13.4. The minimum Gasteiger partial charge on any atom is -0.493 e. The smallest absolute Gasteiger partial charge is 0.224 e. The Hall–Kier alpha value is -2.81. The molecule has 0 bridgehead atoms. The SMILES string of the molecule is O=C(CCc1ccc2c(c1)CCO2)Nc1cccc2ccccc12. The summed E-state index contributed by atoms with van der Waals surface area (Å²) in [5.74, 6) is 1.03. The summed E-state index contributed by atoms with van der Waals surface area (Å²) in [7, 11) is 0. The molecule has 1 amide bonds. The predicted octanol–water partition coefficient (Wildman–Crippen LogP) is 4.35. The summed E-state index contributed by atoms with van der Waals surface area (Å²) >= 11 is 0. The average Bonchev–Trinajstić information content (AvgIpc) is 3.08. The normalized spacial score (nSPS) is 12.7. The third-order valence-electron chi connectivity index (χ3n) is 4.46. The first-order chi connectivity index (χ1) is 11.8. The van der Waals surface area contributed by atoms with Crippen LogP contribution in [0.15, 0.2) is 60.7 Å². The zero-order chi connectivity index (χ0) is 16.4. The van der Waals surface area contributed by atoms with Crippen LogP contribution in [0.4, 0.5) is 5.69 Å². The Kier molecular flexibility index (Phi) is 3.91. The highest BCUT2D eigenvalue weighted by Gasteiger charge is 2.12. The molecule has 3 nitrogen and oxygen atoms in total. The molecule has 3 heteroatoms. The van der Waals surface area contributed by atoms with Gasteiger partial charge >= 0.3 is 0 Å². The second-order valence-corrected chi connectivity index (χ2v) is 6.12. The van der Waals surface area contributed by atoms with Crippen LogP contribution in [0, 0.1) is 0 Å². The molecule has 0 spiro atoms. The molecule has 3 aromatic carbocycles. The molecule has 4 rings (SSSR count). The fourth-order valence-electron chi connectivity index (χ4n) is 3.20. The Morgan fingerprint density at radius 2 is 1.92 bits per heavy atom. The van der Waals surface area contributed by atoms with Gasteiger partial charge in [-0.3, -0.25) is 4.79 Å². The van der Waals surface area contributed by atoms with E-state index in [2.05, 4.69) is 29.6 Å². The quantitative estimate of drug-likeness (QED) is 0.777. The molecule has 0 fully saturated rings. The summed E-state index contributed by atoms with van der Waals surface area (Å²) in [5.41, 5.74) is 3.31. The van der Waals surface area contributed by atoms with Crippen molar-refractivity contribution in [2.75, 3.05) is 11.9 Å². The Morgan fingerprint density at radius 1 is 1.04 bits per heavy atom. The number of aryl methyl sites for hydroxylation is 1. The standard InChI is InChI=1S/C21H19NO2/c23-21(11-9-15-8-10-20-17(14-15)12-13-24-20)22-19-7-3-5-16-4-1-2-6-18(16)19/h1-8,10,14H,9,11-13H2,(H,22,23). The van der Waals surface area contributed by atoms with Crippen LogP contribution in [0.3, 0.4) is 0 Å². The molecule has 1 aliphatic rings. The van der Waals surface area contributed by atoms with Gasteiger partial charge in [0.1, 0.15) is 5.75 Å². The fourth-order valence-corrected chi connectivity index (χ4v) is 3.20. The van der Waals surface area contributed by atoms with Gasteiger partial charge in [-0.1, -0.05) is 48.5 Å². The number of anilines is 1. The second kappa shape index (κ2) is 6.36. The Morgan fingerprint density at radius 3 is 2.88 bits per heavy atom. The minimum absolute atomic E-state index is 0.0445. The zero-order valence-corrected chi connectivity index (χ0v) is 13.4. The van der Waals surface area contributed by atoms with E-state index in [9.17, 15) is 4.79 Å². The molecule has 0 saturated carbocycles. The molecule has 1 heterocycles. The summed E-state index contributed by atoms with van der Waals surface area (Å²) < 4.78 is 5.52. The first-order valence-electron chi connectivity index (χ1n) is 8.32. The van der Waals surface area contributed by atoms with Crippen molar-refractivity contribution in [2.24, 2.45) is 0 Å². The fraction of sp³-hybridized carbons (Fsp3) is 0.190. The number of rotatable bonds is 4. The molecule has 24 heavy (non-hydrogen) atoms. The van der Waals surface area contributed by atoms with Gasteiger partial charge in [0.05, 0.1) is 6.61 Å². The summed E-state index contributed by atoms with van der Waals surface area (Å²) in [6.07, 6.45) is 2.18. The van der Waals surface area contributed by atoms with Crippen molar-refractivity contribution in [3.8, 4) is 5.75 Å². The van der Waals surface area contributed by atoms with Gasteiger partial charge in [-0.25, -0.2) is 0 Å². The van der Waals surface area contributed by atoms with E-state index in [1.165, 1.54) is 11.1 Å². The molecule has 1 N–H and O–H groups in total. The Bertz CT molecular complexity index is 896. The maximum Gasteiger partial charge on any atom is 0.224 e. The first-order valence-corrected chi connectivity index (χ1v) is 8.32. The third kappa shape index (κ3) is 2.98. The summed E-state index contributed by atoms with van der Waals surface area (Å²) in [6.45, 7) is 0.764. The first kappa shape index (κ1) is 14.8. The van der Waals surface area contributed by atoms with Gasteiger partial charge in [-0.15, -0.1) is 0 Å². The summed E-state index contributed by atoms with van der Waals surface area (Å²) in [5, 5.41) is 5.25. The molecular weight excluding hydrogens is 298 g/mol. The van der Waals surface area contributed by atoms with Crippen molar-refractivity contribution in [2.45, 2.75) is 19.3 Å². The van der Waals surface area contributed by atoms with Crippen LogP contribution in [0.1, 0.15) is 17.5 Å². The topological polar surface area (TPSA) is 38.3 Å². The number of nitrogens with one attached hydrogen (secondary N) is 1. The van der Waals surface area contributed by atoms with Gasteiger partial charge in [0.25, 0.3) is 0 Å². The van der Waals surface area contributed by atoms with E-state index in [1.54, 1.807) is 0 Å². The lowest BCUT2D eigenvalue weighted by Gasteiger charge is -2.09. The third-order valence-corrected chi connectivity index (χ3v) is 4.46. The highest BCUT2D eigenvalue weighted by molar-refractivity contribution is 6.02. The maximum atomic E-state index is 12.3. The van der Waals surface area contributed by atoms with Crippen LogP contribution >= 0.6 is 0 Å². The van der Waals surface area contributed by atoms with Crippen molar-refractivity contribution < 1.29 is 9.53 Å². The lowest BCUT2D eigenvalue weighted by Crippen LogP contribution is -2.12. The van der Waals surface area contributed by atoms with Crippen molar-refractivity contribution in [1.82, 2.24) is 0 Å². The molecule has 0 saturated heterocycles. The second-order valence-electron chi connectivity index (χ2n) is 6.12. The lowest BCUT2D eigenvalue weighted by molar-refractivity contribution is -0.116. The molecule has 0 radical (unpaired) electrons. The van der Waals surface area contributed by atoms with Gasteiger partial charge in [0.15, 0.2) is 0 Å². The van der Waals surface area contributed by atoms with Crippen molar-refractivity contribution in [3.63, 3.8) is 0 Å². The molecule has 0 unspecified atom stereocenters.